The molecule has 0 radical (unpaired) electrons. The van der Waals surface area contributed by atoms with Crippen LogP contribution in [0, 0.1) is 11.5 Å². The Kier molecular flexibility index (Phi) is 23.8. The summed E-state index contributed by atoms with van der Waals surface area (Å²) in [6.07, 6.45) is 8.37. The summed E-state index contributed by atoms with van der Waals surface area (Å²) in [4.78, 5) is 16.3. The largest absolute Gasteiger partial charge is 1.00 e. The molecule has 13 nitrogen and oxygen atoms in total. The summed E-state index contributed by atoms with van der Waals surface area (Å²) in [6.45, 7) is 4.35. The van der Waals surface area contributed by atoms with Gasteiger partial charge >= 0.3 is 6.16 Å². The van der Waals surface area contributed by atoms with Crippen LogP contribution in [0.4, 0.5) is 10.5 Å². The summed E-state index contributed by atoms with van der Waals surface area (Å²) in [6, 6.07) is 10.9. The number of carbonyl (C=O) groups is 1. The Labute approximate surface area is 276 Å². The Bertz CT molecular complexity index is 1110. The number of carbonyl (C=O) groups excluding carboxylic acids is 1. The molecule has 0 aliphatic rings. The third kappa shape index (κ3) is 21.1. The Hall–Kier alpha value is -3.38. The van der Waals surface area contributed by atoms with Gasteiger partial charge in [0.2, 0.25) is 5.96 Å². The van der Waals surface area contributed by atoms with Gasteiger partial charge in [0, 0.05) is 30.8 Å². The first kappa shape index (κ1) is 39.6. The van der Waals surface area contributed by atoms with Crippen LogP contribution in [0.15, 0.2) is 53.8 Å². The number of halogens is 2. The minimum absolute atomic E-state index is 0. The van der Waals surface area contributed by atoms with E-state index in [9.17, 15) is 4.79 Å². The summed E-state index contributed by atoms with van der Waals surface area (Å²) in [5, 5.41) is 15.4. The molecule has 45 heavy (non-hydrogen) atoms. The molecule has 0 aliphatic carbocycles. The monoisotopic (exact) mass is 671 g/mol. The number of guanidine groups is 1. The standard InChI is InChI=1S/C30H42ClN5O8.ClH/c1-38-16-17-39-18-19-40-20-21-41-22-23-43-30(37)44-25-36-13-10-27(11-14-36)35-29(34-24-32)33-12-4-2-3-5-15-42-28-8-6-26(31)7-9-28;/h6-11,13-14H,2-5,12,15-23,25H2,1H3,(H,33,34);1H. The molecule has 0 unspecified atom stereocenters. The number of methoxy groups -OCH3 is 1. The molecule has 2 N–H and O–H groups in total. The molecule has 250 valence electrons. The SMILES string of the molecule is COCCOCCOCCOCCOC(=O)OC[n+]1ccc(NC(=NCCCCCCOc2ccc(Cl)cc2)NC#N)cc1.[Cl-]. The highest BCUT2D eigenvalue weighted by Crippen LogP contribution is 2.16. The lowest BCUT2D eigenvalue weighted by molar-refractivity contribution is -0.727. The van der Waals surface area contributed by atoms with Crippen molar-refractivity contribution in [1.29, 1.82) is 5.26 Å². The molecule has 0 bridgehead atoms. The fourth-order valence-corrected chi connectivity index (χ4v) is 3.57. The average molecular weight is 673 g/mol. The smallest absolute Gasteiger partial charge is 0.513 e. The number of benzene rings is 1. The summed E-state index contributed by atoms with van der Waals surface area (Å²) in [7, 11) is 1.62. The lowest BCUT2D eigenvalue weighted by Gasteiger charge is -2.08. The maximum Gasteiger partial charge on any atom is 0.513 e. The molecule has 0 saturated carbocycles. The van der Waals surface area contributed by atoms with Crippen LogP contribution in [-0.2, 0) is 35.2 Å². The van der Waals surface area contributed by atoms with E-state index in [4.69, 9.17) is 50.0 Å². The van der Waals surface area contributed by atoms with Crippen molar-refractivity contribution in [2.75, 3.05) is 78.4 Å². The molecule has 1 heterocycles. The zero-order valence-corrected chi connectivity index (χ0v) is 27.1. The fourth-order valence-electron chi connectivity index (χ4n) is 3.44. The van der Waals surface area contributed by atoms with E-state index < -0.39 is 6.16 Å². The molecule has 1 aromatic heterocycles. The van der Waals surface area contributed by atoms with Crippen LogP contribution in [0.3, 0.4) is 0 Å². The molecule has 1 aromatic carbocycles. The molecule has 0 spiro atoms. The predicted molar refractivity (Wildman–Crippen MR) is 163 cm³/mol. The van der Waals surface area contributed by atoms with Crippen LogP contribution in [0.2, 0.25) is 5.02 Å². The second-order valence-electron chi connectivity index (χ2n) is 9.11. The maximum absolute atomic E-state index is 11.8. The van der Waals surface area contributed by atoms with E-state index in [0.717, 1.165) is 31.4 Å². The lowest BCUT2D eigenvalue weighted by Crippen LogP contribution is -3.00. The number of nitrogens with one attached hydrogen (secondary N) is 2. The van der Waals surface area contributed by atoms with Gasteiger partial charge < -0.3 is 50.9 Å². The Morgan fingerprint density at radius 3 is 2.11 bits per heavy atom. The normalized spacial score (nSPS) is 10.8. The van der Waals surface area contributed by atoms with E-state index in [-0.39, 0.29) is 32.4 Å². The highest BCUT2D eigenvalue weighted by Gasteiger charge is 2.09. The number of nitrogens with zero attached hydrogens (tertiary/aromatic N) is 3. The molecule has 15 heteroatoms. The van der Waals surface area contributed by atoms with Gasteiger partial charge in [-0.15, -0.1) is 0 Å². The van der Waals surface area contributed by atoms with Gasteiger partial charge in [0.15, 0.2) is 18.6 Å². The van der Waals surface area contributed by atoms with Crippen LogP contribution < -0.4 is 32.3 Å². The molecule has 2 rings (SSSR count). The first-order valence-electron chi connectivity index (χ1n) is 14.5. The summed E-state index contributed by atoms with van der Waals surface area (Å²) >= 11 is 5.88. The third-order valence-electron chi connectivity index (χ3n) is 5.69. The third-order valence-corrected chi connectivity index (χ3v) is 5.94. The molecular weight excluding hydrogens is 629 g/mol. The van der Waals surface area contributed by atoms with Crippen LogP contribution in [0.1, 0.15) is 25.7 Å². The maximum atomic E-state index is 11.8. The van der Waals surface area contributed by atoms with Crippen molar-refractivity contribution in [3.05, 3.63) is 53.8 Å². The van der Waals surface area contributed by atoms with Crippen LogP contribution in [0.5, 0.6) is 5.75 Å². The fraction of sp³-hybridized carbons (Fsp3) is 0.533. The van der Waals surface area contributed by atoms with Gasteiger partial charge in [-0.25, -0.2) is 4.79 Å². The predicted octanol–water partition coefficient (Wildman–Crippen LogP) is 0.916. The van der Waals surface area contributed by atoms with Gasteiger partial charge in [-0.1, -0.05) is 18.0 Å². The van der Waals surface area contributed by atoms with Crippen molar-refractivity contribution < 1.29 is 54.9 Å². The number of ether oxygens (including phenoxy) is 7. The number of pyridine rings is 1. The van der Waals surface area contributed by atoms with Crippen LogP contribution >= 0.6 is 11.6 Å². The van der Waals surface area contributed by atoms with Crippen LogP contribution in [-0.4, -0.2) is 85.2 Å². The Balaban J connectivity index is 0.0000101. The van der Waals surface area contributed by atoms with Crippen molar-refractivity contribution in [2.24, 2.45) is 4.99 Å². The second-order valence-corrected chi connectivity index (χ2v) is 9.55. The molecule has 0 fully saturated rings. The summed E-state index contributed by atoms with van der Waals surface area (Å²) in [5.41, 5.74) is 0.712. The zero-order valence-electron chi connectivity index (χ0n) is 25.6. The quantitative estimate of drug-likeness (QED) is 0.0331. The zero-order chi connectivity index (χ0) is 31.5. The first-order chi connectivity index (χ1) is 21.6. The summed E-state index contributed by atoms with van der Waals surface area (Å²) < 4.78 is 38.3. The number of anilines is 1. The van der Waals surface area contributed by atoms with Gasteiger partial charge in [0.25, 0.3) is 6.73 Å². The van der Waals surface area contributed by atoms with Gasteiger partial charge in [0.1, 0.15) is 12.4 Å². The van der Waals surface area contributed by atoms with Crippen molar-refractivity contribution in [3.8, 4) is 11.9 Å². The number of hydrogen-bond donors (Lipinski definition) is 2. The molecule has 0 amide bonds. The number of unbranched alkanes of at least 4 members (excludes halogenated alkanes) is 3. The number of aliphatic imine (C=N–C) groups is 1. The molecule has 2 aromatic rings. The highest BCUT2D eigenvalue weighted by atomic mass is 35.5. The minimum Gasteiger partial charge on any atom is -1.00 e. The average Bonchev–Trinajstić information content (AvgIpc) is 3.03. The number of aromatic nitrogens is 1. The molecule has 0 aliphatic heterocycles. The van der Waals surface area contributed by atoms with Gasteiger partial charge in [-0.2, -0.15) is 9.83 Å². The van der Waals surface area contributed by atoms with Gasteiger partial charge in [-0.05, 0) is 43.5 Å². The molecule has 0 saturated heterocycles. The lowest BCUT2D eigenvalue weighted by atomic mass is 10.2. The first-order valence-corrected chi connectivity index (χ1v) is 14.8. The Morgan fingerprint density at radius 2 is 1.47 bits per heavy atom. The van der Waals surface area contributed by atoms with E-state index in [1.54, 1.807) is 48.3 Å². The van der Waals surface area contributed by atoms with Gasteiger partial charge in [0.05, 0.1) is 58.5 Å². The second kappa shape index (κ2) is 27.0. The van der Waals surface area contributed by atoms with E-state index in [0.29, 0.717) is 69.5 Å². The number of nitriles is 1. The number of rotatable bonds is 23. The van der Waals surface area contributed by atoms with E-state index >= 15 is 0 Å². The van der Waals surface area contributed by atoms with Crippen molar-refractivity contribution in [2.45, 2.75) is 32.4 Å². The Morgan fingerprint density at radius 1 is 0.844 bits per heavy atom. The van der Waals surface area contributed by atoms with E-state index in [1.165, 1.54) is 0 Å². The molecular formula is C30H43Cl2N5O8. The van der Waals surface area contributed by atoms with Crippen molar-refractivity contribution >= 4 is 29.4 Å². The topological polar surface area (TPSA) is 146 Å². The van der Waals surface area contributed by atoms with Crippen molar-refractivity contribution in [1.82, 2.24) is 5.32 Å². The highest BCUT2D eigenvalue weighted by molar-refractivity contribution is 6.30. The van der Waals surface area contributed by atoms with Crippen LogP contribution in [0.25, 0.3) is 0 Å². The minimum atomic E-state index is -0.797. The molecule has 0 atom stereocenters. The summed E-state index contributed by atoms with van der Waals surface area (Å²) in [5.74, 6) is 1.17. The van der Waals surface area contributed by atoms with Crippen molar-refractivity contribution in [3.63, 3.8) is 0 Å². The van der Waals surface area contributed by atoms with E-state index in [1.807, 2.05) is 18.3 Å². The van der Waals surface area contributed by atoms with E-state index in [2.05, 4.69) is 15.6 Å². The van der Waals surface area contributed by atoms with Gasteiger partial charge in [-0.3, -0.25) is 10.3 Å². The number of hydrogen-bond acceptors (Lipinski definition) is 10.